The minimum absolute atomic E-state index is 0.174. The highest BCUT2D eigenvalue weighted by atomic mass is 79.9. The normalized spacial score (nSPS) is 12.2. The molecule has 0 spiro atoms. The van der Waals surface area contributed by atoms with Crippen molar-refractivity contribution in [2.75, 3.05) is 7.05 Å². The molecular formula is C16H24BrNO. The summed E-state index contributed by atoms with van der Waals surface area (Å²) >= 11 is 3.53. The maximum absolute atomic E-state index is 12.4. The number of carbonyl (C=O) groups is 1. The van der Waals surface area contributed by atoms with E-state index >= 15 is 0 Å². The number of carbonyl (C=O) groups excluding carboxylic acids is 1. The zero-order valence-electron chi connectivity index (χ0n) is 12.2. The summed E-state index contributed by atoms with van der Waals surface area (Å²) in [5, 5.41) is 0. The Morgan fingerprint density at radius 3 is 2.58 bits per heavy atom. The van der Waals surface area contributed by atoms with E-state index in [0.29, 0.717) is 6.54 Å². The quantitative estimate of drug-likeness (QED) is 0.716. The van der Waals surface area contributed by atoms with Gasteiger partial charge in [-0.1, -0.05) is 60.8 Å². The van der Waals surface area contributed by atoms with Crippen LogP contribution in [0.2, 0.25) is 0 Å². The molecule has 2 nitrogen and oxygen atoms in total. The van der Waals surface area contributed by atoms with E-state index in [-0.39, 0.29) is 11.8 Å². The van der Waals surface area contributed by atoms with Crippen molar-refractivity contribution in [1.82, 2.24) is 4.90 Å². The molecule has 0 radical (unpaired) electrons. The van der Waals surface area contributed by atoms with Crippen LogP contribution in [0.3, 0.4) is 0 Å². The second-order valence-corrected chi connectivity index (χ2v) is 5.89. The average Bonchev–Trinajstić information content (AvgIpc) is 2.42. The van der Waals surface area contributed by atoms with Crippen molar-refractivity contribution in [2.45, 2.75) is 46.1 Å². The van der Waals surface area contributed by atoms with Gasteiger partial charge in [-0.3, -0.25) is 4.79 Å². The summed E-state index contributed by atoms with van der Waals surface area (Å²) in [6.07, 6.45) is 4.22. The maximum atomic E-state index is 12.4. The molecule has 0 N–H and O–H groups in total. The van der Waals surface area contributed by atoms with E-state index in [9.17, 15) is 4.79 Å². The van der Waals surface area contributed by atoms with Gasteiger partial charge in [0.1, 0.15) is 0 Å². The Labute approximate surface area is 125 Å². The van der Waals surface area contributed by atoms with E-state index in [2.05, 4.69) is 35.8 Å². The molecule has 1 aromatic rings. The van der Waals surface area contributed by atoms with Gasteiger partial charge < -0.3 is 4.90 Å². The summed E-state index contributed by atoms with van der Waals surface area (Å²) in [5.41, 5.74) is 1.16. The molecule has 106 valence electrons. The van der Waals surface area contributed by atoms with Gasteiger partial charge >= 0.3 is 0 Å². The molecule has 19 heavy (non-hydrogen) atoms. The van der Waals surface area contributed by atoms with E-state index in [1.165, 1.54) is 0 Å². The number of rotatable bonds is 7. The first-order valence-electron chi connectivity index (χ1n) is 7.08. The Balaban J connectivity index is 2.63. The molecule has 0 aliphatic rings. The van der Waals surface area contributed by atoms with Crippen molar-refractivity contribution >= 4 is 21.8 Å². The Morgan fingerprint density at radius 2 is 2.00 bits per heavy atom. The van der Waals surface area contributed by atoms with Gasteiger partial charge in [-0.05, 0) is 24.5 Å². The molecule has 1 amide bonds. The first-order valence-corrected chi connectivity index (χ1v) is 7.87. The fraction of sp³-hybridized carbons (Fsp3) is 0.562. The zero-order chi connectivity index (χ0) is 14.3. The van der Waals surface area contributed by atoms with Crippen LogP contribution in [0.1, 0.15) is 45.1 Å². The number of hydrogen-bond donors (Lipinski definition) is 0. The molecular weight excluding hydrogens is 302 g/mol. The lowest BCUT2D eigenvalue weighted by atomic mass is 9.98. The fourth-order valence-corrected chi connectivity index (χ4v) is 2.63. The van der Waals surface area contributed by atoms with Gasteiger partial charge in [-0.25, -0.2) is 0 Å². The van der Waals surface area contributed by atoms with E-state index < -0.39 is 0 Å². The molecule has 3 heteroatoms. The van der Waals surface area contributed by atoms with E-state index in [1.807, 2.05) is 30.1 Å². The number of benzene rings is 1. The fourth-order valence-electron chi connectivity index (χ4n) is 2.22. The van der Waals surface area contributed by atoms with Crippen LogP contribution in [0.25, 0.3) is 0 Å². The molecule has 0 aromatic heterocycles. The highest BCUT2D eigenvalue weighted by Crippen LogP contribution is 2.20. The van der Waals surface area contributed by atoms with Crippen molar-refractivity contribution in [3.8, 4) is 0 Å². The van der Waals surface area contributed by atoms with Crippen LogP contribution >= 0.6 is 15.9 Å². The van der Waals surface area contributed by atoms with Gasteiger partial charge in [0.05, 0.1) is 0 Å². The first kappa shape index (κ1) is 16.2. The monoisotopic (exact) mass is 325 g/mol. The van der Waals surface area contributed by atoms with E-state index in [0.717, 1.165) is 35.7 Å². The Kier molecular flexibility index (Phi) is 7.14. The van der Waals surface area contributed by atoms with Crippen LogP contribution in [-0.2, 0) is 11.3 Å². The smallest absolute Gasteiger partial charge is 0.225 e. The summed E-state index contributed by atoms with van der Waals surface area (Å²) in [6.45, 7) is 4.94. The number of unbranched alkanes of at least 4 members (excludes halogenated alkanes) is 1. The molecule has 0 aliphatic heterocycles. The van der Waals surface area contributed by atoms with Gasteiger partial charge in [0, 0.05) is 24.0 Å². The Hall–Kier alpha value is -0.830. The van der Waals surface area contributed by atoms with Crippen LogP contribution in [0.15, 0.2) is 28.7 Å². The third kappa shape index (κ3) is 4.98. The Bertz CT molecular complexity index is 405. The van der Waals surface area contributed by atoms with E-state index in [4.69, 9.17) is 0 Å². The highest BCUT2D eigenvalue weighted by Gasteiger charge is 2.20. The van der Waals surface area contributed by atoms with Crippen molar-refractivity contribution in [2.24, 2.45) is 5.92 Å². The molecule has 0 bridgehead atoms. The predicted octanol–water partition coefficient (Wildman–Crippen LogP) is 4.62. The highest BCUT2D eigenvalue weighted by molar-refractivity contribution is 9.10. The summed E-state index contributed by atoms with van der Waals surface area (Å²) < 4.78 is 1.07. The summed E-state index contributed by atoms with van der Waals surface area (Å²) in [6, 6.07) is 8.07. The van der Waals surface area contributed by atoms with Gasteiger partial charge in [0.15, 0.2) is 0 Å². The van der Waals surface area contributed by atoms with Crippen molar-refractivity contribution in [3.05, 3.63) is 34.3 Å². The summed E-state index contributed by atoms with van der Waals surface area (Å²) in [5.74, 6) is 0.444. The first-order chi connectivity index (χ1) is 9.10. The van der Waals surface area contributed by atoms with Gasteiger partial charge in [0.2, 0.25) is 5.91 Å². The lowest BCUT2D eigenvalue weighted by Crippen LogP contribution is -2.32. The molecule has 1 unspecified atom stereocenters. The molecule has 0 saturated carbocycles. The van der Waals surface area contributed by atoms with Crippen LogP contribution < -0.4 is 0 Å². The van der Waals surface area contributed by atoms with Gasteiger partial charge in [-0.2, -0.15) is 0 Å². The third-order valence-electron chi connectivity index (χ3n) is 3.49. The topological polar surface area (TPSA) is 20.3 Å². The third-order valence-corrected chi connectivity index (χ3v) is 4.26. The average molecular weight is 326 g/mol. The predicted molar refractivity (Wildman–Crippen MR) is 83.9 cm³/mol. The summed E-state index contributed by atoms with van der Waals surface area (Å²) in [7, 11) is 1.90. The zero-order valence-corrected chi connectivity index (χ0v) is 13.7. The molecule has 1 atom stereocenters. The minimum atomic E-state index is 0.174. The second kappa shape index (κ2) is 8.36. The lowest BCUT2D eigenvalue weighted by molar-refractivity contribution is -0.135. The van der Waals surface area contributed by atoms with Crippen molar-refractivity contribution in [3.63, 3.8) is 0 Å². The maximum Gasteiger partial charge on any atom is 0.225 e. The molecule has 0 fully saturated rings. The molecule has 0 heterocycles. The minimum Gasteiger partial charge on any atom is -0.341 e. The standard InChI is InChI=1S/C16H24BrNO/c1-4-6-9-13(5-2)16(19)18(3)12-14-10-7-8-11-15(14)17/h7-8,10-11,13H,4-6,9,12H2,1-3H3. The number of hydrogen-bond acceptors (Lipinski definition) is 1. The molecule has 0 aliphatic carbocycles. The van der Waals surface area contributed by atoms with E-state index in [1.54, 1.807) is 0 Å². The van der Waals surface area contributed by atoms with Crippen molar-refractivity contribution < 1.29 is 4.79 Å². The van der Waals surface area contributed by atoms with Gasteiger partial charge in [-0.15, -0.1) is 0 Å². The van der Waals surface area contributed by atoms with Crippen LogP contribution in [0.4, 0.5) is 0 Å². The Morgan fingerprint density at radius 1 is 1.32 bits per heavy atom. The van der Waals surface area contributed by atoms with Crippen molar-refractivity contribution in [1.29, 1.82) is 0 Å². The molecule has 0 saturated heterocycles. The number of halogens is 1. The van der Waals surface area contributed by atoms with Crippen LogP contribution in [0, 0.1) is 5.92 Å². The number of amides is 1. The second-order valence-electron chi connectivity index (χ2n) is 5.03. The largest absolute Gasteiger partial charge is 0.341 e. The molecule has 1 rings (SSSR count). The van der Waals surface area contributed by atoms with Gasteiger partial charge in [0.25, 0.3) is 0 Å². The SMILES string of the molecule is CCCCC(CC)C(=O)N(C)Cc1ccccc1Br. The lowest BCUT2D eigenvalue weighted by Gasteiger charge is -2.23. The van der Waals surface area contributed by atoms with Crippen LogP contribution in [0.5, 0.6) is 0 Å². The number of nitrogens with zero attached hydrogens (tertiary/aromatic N) is 1. The summed E-state index contributed by atoms with van der Waals surface area (Å²) in [4.78, 5) is 14.3. The molecule has 1 aromatic carbocycles. The van der Waals surface area contributed by atoms with Crippen LogP contribution in [-0.4, -0.2) is 17.9 Å².